The molecule has 2 aromatic carbocycles. The maximum absolute atomic E-state index is 13.8. The number of aliphatic imine (C=N–C) groups is 1. The number of guanidine groups is 1. The SMILES string of the molecule is CN=C(NCCOc1ccc(OC)cc1)NC1CC1c1ccccc1F.I. The highest BCUT2D eigenvalue weighted by molar-refractivity contribution is 14.0. The lowest BCUT2D eigenvalue weighted by Gasteiger charge is -2.13. The highest BCUT2D eigenvalue weighted by Gasteiger charge is 2.40. The summed E-state index contributed by atoms with van der Waals surface area (Å²) in [5, 5.41) is 6.55. The topological polar surface area (TPSA) is 54.9 Å². The van der Waals surface area contributed by atoms with Crippen LogP contribution < -0.4 is 20.1 Å². The van der Waals surface area contributed by atoms with Gasteiger partial charge in [-0.2, -0.15) is 0 Å². The molecule has 0 amide bonds. The molecule has 2 aromatic rings. The molecule has 3 rings (SSSR count). The molecular formula is C20H25FIN3O2. The smallest absolute Gasteiger partial charge is 0.191 e. The Morgan fingerprint density at radius 1 is 1.15 bits per heavy atom. The van der Waals surface area contributed by atoms with Crippen LogP contribution in [-0.4, -0.2) is 39.3 Å². The van der Waals surface area contributed by atoms with Crippen molar-refractivity contribution in [1.29, 1.82) is 0 Å². The zero-order valence-corrected chi connectivity index (χ0v) is 17.8. The van der Waals surface area contributed by atoms with Gasteiger partial charge in [-0.15, -0.1) is 24.0 Å². The van der Waals surface area contributed by atoms with Crippen LogP contribution in [-0.2, 0) is 0 Å². The molecule has 0 bridgehead atoms. The van der Waals surface area contributed by atoms with E-state index in [9.17, 15) is 4.39 Å². The third kappa shape index (κ3) is 5.98. The molecule has 7 heteroatoms. The summed E-state index contributed by atoms with van der Waals surface area (Å²) in [6, 6.07) is 14.6. The van der Waals surface area contributed by atoms with Crippen molar-refractivity contribution >= 4 is 29.9 Å². The number of rotatable bonds is 7. The Balaban J connectivity index is 0.00000261. The van der Waals surface area contributed by atoms with Gasteiger partial charge < -0.3 is 20.1 Å². The number of ether oxygens (including phenoxy) is 2. The summed E-state index contributed by atoms with van der Waals surface area (Å²) in [4.78, 5) is 4.21. The maximum Gasteiger partial charge on any atom is 0.191 e. The lowest BCUT2D eigenvalue weighted by Crippen LogP contribution is -2.40. The van der Waals surface area contributed by atoms with Gasteiger partial charge in [0.15, 0.2) is 5.96 Å². The second-order valence-corrected chi connectivity index (χ2v) is 6.14. The molecule has 1 fully saturated rings. The van der Waals surface area contributed by atoms with Crippen LogP contribution in [0, 0.1) is 5.82 Å². The van der Waals surface area contributed by atoms with Gasteiger partial charge in [0.05, 0.1) is 13.7 Å². The first-order valence-corrected chi connectivity index (χ1v) is 8.69. The summed E-state index contributed by atoms with van der Waals surface area (Å²) in [6.45, 7) is 1.12. The Morgan fingerprint density at radius 2 is 1.85 bits per heavy atom. The van der Waals surface area contributed by atoms with Crippen LogP contribution in [0.4, 0.5) is 4.39 Å². The molecular weight excluding hydrogens is 460 g/mol. The minimum absolute atomic E-state index is 0. The zero-order chi connectivity index (χ0) is 18.4. The molecule has 0 saturated heterocycles. The number of halogens is 2. The highest BCUT2D eigenvalue weighted by atomic mass is 127. The van der Waals surface area contributed by atoms with E-state index in [1.807, 2.05) is 36.4 Å². The molecule has 0 radical (unpaired) electrons. The molecule has 1 saturated carbocycles. The average Bonchev–Trinajstić information content (AvgIpc) is 3.44. The fourth-order valence-electron chi connectivity index (χ4n) is 2.85. The van der Waals surface area contributed by atoms with E-state index < -0.39 is 0 Å². The van der Waals surface area contributed by atoms with Gasteiger partial charge in [0.2, 0.25) is 0 Å². The van der Waals surface area contributed by atoms with Gasteiger partial charge in [0, 0.05) is 19.0 Å². The van der Waals surface area contributed by atoms with Crippen molar-refractivity contribution in [1.82, 2.24) is 10.6 Å². The van der Waals surface area contributed by atoms with Crippen LogP contribution in [0.3, 0.4) is 0 Å². The number of nitrogens with zero attached hydrogens (tertiary/aromatic N) is 1. The first-order valence-electron chi connectivity index (χ1n) is 8.69. The highest BCUT2D eigenvalue weighted by Crippen LogP contribution is 2.41. The lowest BCUT2D eigenvalue weighted by atomic mass is 10.1. The quantitative estimate of drug-likeness (QED) is 0.273. The van der Waals surface area contributed by atoms with Gasteiger partial charge >= 0.3 is 0 Å². The number of benzene rings is 2. The molecule has 0 aromatic heterocycles. The summed E-state index contributed by atoms with van der Waals surface area (Å²) >= 11 is 0. The van der Waals surface area contributed by atoms with Crippen LogP contribution >= 0.6 is 24.0 Å². The Hall–Kier alpha value is -2.03. The standard InChI is InChI=1S/C20H24FN3O2.HI/c1-22-20(23-11-12-26-15-9-7-14(25-2)8-10-15)24-19-13-17(19)16-5-3-4-6-18(16)21;/h3-10,17,19H,11-13H2,1-2H3,(H2,22,23,24);1H. The molecule has 2 atom stereocenters. The predicted molar refractivity (Wildman–Crippen MR) is 116 cm³/mol. The van der Waals surface area contributed by atoms with Crippen LogP contribution in [0.25, 0.3) is 0 Å². The minimum Gasteiger partial charge on any atom is -0.497 e. The second-order valence-electron chi connectivity index (χ2n) is 6.14. The molecule has 0 aliphatic heterocycles. The molecule has 27 heavy (non-hydrogen) atoms. The van der Waals surface area contributed by atoms with Crippen molar-refractivity contribution in [2.45, 2.75) is 18.4 Å². The van der Waals surface area contributed by atoms with E-state index in [2.05, 4.69) is 15.6 Å². The largest absolute Gasteiger partial charge is 0.497 e. The summed E-state index contributed by atoms with van der Waals surface area (Å²) in [5.74, 6) is 2.35. The Kier molecular flexibility index (Phi) is 8.15. The van der Waals surface area contributed by atoms with E-state index in [4.69, 9.17) is 9.47 Å². The number of nitrogens with one attached hydrogen (secondary N) is 2. The van der Waals surface area contributed by atoms with Crippen LogP contribution in [0.2, 0.25) is 0 Å². The summed E-state index contributed by atoms with van der Waals surface area (Å²) in [5.41, 5.74) is 0.767. The van der Waals surface area contributed by atoms with Crippen LogP contribution in [0.15, 0.2) is 53.5 Å². The molecule has 0 heterocycles. The Labute approximate surface area is 176 Å². The van der Waals surface area contributed by atoms with E-state index in [-0.39, 0.29) is 41.8 Å². The van der Waals surface area contributed by atoms with Crippen molar-refractivity contribution in [3.8, 4) is 11.5 Å². The van der Waals surface area contributed by atoms with Crippen LogP contribution in [0.5, 0.6) is 11.5 Å². The van der Waals surface area contributed by atoms with Crippen molar-refractivity contribution in [3.05, 3.63) is 59.9 Å². The van der Waals surface area contributed by atoms with E-state index in [1.165, 1.54) is 6.07 Å². The van der Waals surface area contributed by atoms with E-state index in [0.29, 0.717) is 19.1 Å². The number of methoxy groups -OCH3 is 1. The molecule has 1 aliphatic rings. The number of hydrogen-bond donors (Lipinski definition) is 2. The maximum atomic E-state index is 13.8. The fourth-order valence-corrected chi connectivity index (χ4v) is 2.85. The zero-order valence-electron chi connectivity index (χ0n) is 15.4. The molecule has 1 aliphatic carbocycles. The van der Waals surface area contributed by atoms with Crippen molar-refractivity contribution in [2.75, 3.05) is 27.3 Å². The first-order chi connectivity index (χ1) is 12.7. The van der Waals surface area contributed by atoms with E-state index >= 15 is 0 Å². The van der Waals surface area contributed by atoms with E-state index in [0.717, 1.165) is 23.5 Å². The summed E-state index contributed by atoms with van der Waals surface area (Å²) in [7, 11) is 3.36. The third-order valence-electron chi connectivity index (χ3n) is 4.36. The minimum atomic E-state index is -0.141. The number of hydrogen-bond acceptors (Lipinski definition) is 3. The predicted octanol–water partition coefficient (Wildman–Crippen LogP) is 3.55. The summed E-state index contributed by atoms with van der Waals surface area (Å²) < 4.78 is 24.6. The Morgan fingerprint density at radius 3 is 2.52 bits per heavy atom. The van der Waals surface area contributed by atoms with Gasteiger partial charge in [0.1, 0.15) is 23.9 Å². The molecule has 0 spiro atoms. The van der Waals surface area contributed by atoms with Crippen molar-refractivity contribution in [2.24, 2.45) is 4.99 Å². The summed E-state index contributed by atoms with van der Waals surface area (Å²) in [6.07, 6.45) is 0.907. The van der Waals surface area contributed by atoms with Crippen molar-refractivity contribution < 1.29 is 13.9 Å². The van der Waals surface area contributed by atoms with Crippen molar-refractivity contribution in [3.63, 3.8) is 0 Å². The second kappa shape index (κ2) is 10.3. The van der Waals surface area contributed by atoms with Gasteiger partial charge in [0.25, 0.3) is 0 Å². The third-order valence-corrected chi connectivity index (χ3v) is 4.36. The lowest BCUT2D eigenvalue weighted by molar-refractivity contribution is 0.321. The van der Waals surface area contributed by atoms with Gasteiger partial charge in [-0.25, -0.2) is 4.39 Å². The molecule has 5 nitrogen and oxygen atoms in total. The normalized spacial score (nSPS) is 18.3. The monoisotopic (exact) mass is 485 g/mol. The fraction of sp³-hybridized carbons (Fsp3) is 0.350. The average molecular weight is 485 g/mol. The van der Waals surface area contributed by atoms with Gasteiger partial charge in [-0.3, -0.25) is 4.99 Å². The molecule has 2 N–H and O–H groups in total. The molecule has 2 unspecified atom stereocenters. The Bertz CT molecular complexity index is 755. The van der Waals surface area contributed by atoms with Crippen LogP contribution in [0.1, 0.15) is 17.9 Å². The molecule has 146 valence electrons. The first kappa shape index (κ1) is 21.3. The van der Waals surface area contributed by atoms with E-state index in [1.54, 1.807) is 20.2 Å². The van der Waals surface area contributed by atoms with Gasteiger partial charge in [-0.1, -0.05) is 18.2 Å². The van der Waals surface area contributed by atoms with Gasteiger partial charge in [-0.05, 0) is 42.3 Å².